The van der Waals surface area contributed by atoms with Crippen LogP contribution in [0.2, 0.25) is 0 Å². The van der Waals surface area contributed by atoms with Crippen molar-refractivity contribution in [3.8, 4) is 0 Å². The number of hydrogen-bond donors (Lipinski definition) is 4. The molecule has 28 heavy (non-hydrogen) atoms. The molecule has 0 atom stereocenters. The average molecular weight is 422 g/mol. The number of nitrogens with one attached hydrogen (secondary N) is 3. The second-order valence-corrected chi connectivity index (χ2v) is 9.73. The number of sulfonamides is 1. The SMILES string of the molecule is O=C(O)CC1(SCCCNS(=O)(=O)Cc2ccccc2)Nc2ccccc2N1. The molecule has 0 saturated heterocycles. The highest BCUT2D eigenvalue weighted by atomic mass is 32.2. The molecule has 4 N–H and O–H groups in total. The first-order chi connectivity index (χ1) is 13.4. The molecule has 0 unspecified atom stereocenters. The number of carboxylic acids is 1. The van der Waals surface area contributed by atoms with Crippen molar-refractivity contribution in [2.45, 2.75) is 23.6 Å². The molecular weight excluding hydrogens is 398 g/mol. The number of carboxylic acid groups (broad SMARTS) is 1. The van der Waals surface area contributed by atoms with Gasteiger partial charge in [-0.2, -0.15) is 0 Å². The summed E-state index contributed by atoms with van der Waals surface area (Å²) in [6.07, 6.45) is 0.478. The summed E-state index contributed by atoms with van der Waals surface area (Å²) >= 11 is 1.43. The molecule has 0 aromatic heterocycles. The minimum atomic E-state index is -3.40. The van der Waals surface area contributed by atoms with Crippen LogP contribution in [0.15, 0.2) is 54.6 Å². The minimum Gasteiger partial charge on any atom is -0.481 e. The summed E-state index contributed by atoms with van der Waals surface area (Å²) in [7, 11) is -3.40. The smallest absolute Gasteiger partial charge is 0.308 e. The van der Waals surface area contributed by atoms with Crippen LogP contribution in [0.25, 0.3) is 0 Å². The summed E-state index contributed by atoms with van der Waals surface area (Å²) in [5.74, 6) is -0.374. The highest BCUT2D eigenvalue weighted by Gasteiger charge is 2.38. The molecule has 1 heterocycles. The van der Waals surface area contributed by atoms with Crippen LogP contribution in [0, 0.1) is 0 Å². The summed E-state index contributed by atoms with van der Waals surface area (Å²) in [6, 6.07) is 16.6. The van der Waals surface area contributed by atoms with Crippen LogP contribution in [-0.2, 0) is 20.6 Å². The van der Waals surface area contributed by atoms with Crippen molar-refractivity contribution < 1.29 is 18.3 Å². The third-order valence-corrected chi connectivity index (χ3v) is 6.88. The normalized spacial score (nSPS) is 14.7. The van der Waals surface area contributed by atoms with Gasteiger partial charge in [0.25, 0.3) is 0 Å². The fourth-order valence-electron chi connectivity index (χ4n) is 2.98. The largest absolute Gasteiger partial charge is 0.481 e. The van der Waals surface area contributed by atoms with Crippen molar-refractivity contribution >= 4 is 39.1 Å². The Morgan fingerprint density at radius 2 is 1.64 bits per heavy atom. The molecule has 9 heteroatoms. The minimum absolute atomic E-state index is 0.0532. The molecule has 1 aliphatic rings. The van der Waals surface area contributed by atoms with Gasteiger partial charge in [0.05, 0.1) is 23.5 Å². The van der Waals surface area contributed by atoms with E-state index in [1.807, 2.05) is 42.5 Å². The third-order valence-electron chi connectivity index (χ3n) is 4.19. The average Bonchev–Trinajstić information content (AvgIpc) is 2.99. The first-order valence-electron chi connectivity index (χ1n) is 8.90. The van der Waals surface area contributed by atoms with Crippen molar-refractivity contribution in [2.24, 2.45) is 0 Å². The van der Waals surface area contributed by atoms with Gasteiger partial charge in [-0.05, 0) is 29.9 Å². The Bertz CT molecular complexity index is 895. The quantitative estimate of drug-likeness (QED) is 0.437. The monoisotopic (exact) mass is 421 g/mol. The predicted octanol–water partition coefficient (Wildman–Crippen LogP) is 2.90. The number of benzene rings is 2. The zero-order valence-electron chi connectivity index (χ0n) is 15.2. The van der Waals surface area contributed by atoms with Gasteiger partial charge in [0.1, 0.15) is 0 Å². The van der Waals surface area contributed by atoms with Gasteiger partial charge in [0, 0.05) is 6.54 Å². The van der Waals surface area contributed by atoms with E-state index in [0.29, 0.717) is 18.7 Å². The van der Waals surface area contributed by atoms with E-state index < -0.39 is 21.0 Å². The van der Waals surface area contributed by atoms with Gasteiger partial charge in [-0.15, -0.1) is 11.8 Å². The number of carbonyl (C=O) groups is 1. The van der Waals surface area contributed by atoms with Crippen LogP contribution in [0.4, 0.5) is 11.4 Å². The molecule has 0 radical (unpaired) electrons. The number of anilines is 2. The van der Waals surface area contributed by atoms with Gasteiger partial charge < -0.3 is 15.7 Å². The van der Waals surface area contributed by atoms with Crippen molar-refractivity contribution in [1.29, 1.82) is 0 Å². The lowest BCUT2D eigenvalue weighted by Crippen LogP contribution is -2.41. The molecule has 7 nitrogen and oxygen atoms in total. The fourth-order valence-corrected chi connectivity index (χ4v) is 5.40. The number of para-hydroxylation sites is 2. The molecule has 0 spiro atoms. The van der Waals surface area contributed by atoms with Gasteiger partial charge in [0.15, 0.2) is 4.99 Å². The molecule has 0 saturated carbocycles. The Labute approximate surface area is 169 Å². The van der Waals surface area contributed by atoms with E-state index in [9.17, 15) is 18.3 Å². The van der Waals surface area contributed by atoms with E-state index >= 15 is 0 Å². The van der Waals surface area contributed by atoms with E-state index in [-0.39, 0.29) is 12.2 Å². The van der Waals surface area contributed by atoms with E-state index in [0.717, 1.165) is 16.9 Å². The molecular formula is C19H23N3O4S2. The lowest BCUT2D eigenvalue weighted by Gasteiger charge is -2.28. The van der Waals surface area contributed by atoms with Crippen LogP contribution in [0.3, 0.4) is 0 Å². The van der Waals surface area contributed by atoms with Gasteiger partial charge in [-0.3, -0.25) is 4.79 Å². The Morgan fingerprint density at radius 3 is 2.25 bits per heavy atom. The number of rotatable bonds is 10. The summed E-state index contributed by atoms with van der Waals surface area (Å²) < 4.78 is 26.9. The standard InChI is InChI=1S/C19H23N3O4S2/c23-18(24)13-19(21-16-9-4-5-10-17(16)22-19)27-12-6-11-20-28(25,26)14-15-7-2-1-3-8-15/h1-5,7-10,20-22H,6,11-14H2,(H,23,24). The Kier molecular flexibility index (Phi) is 6.48. The van der Waals surface area contributed by atoms with E-state index in [1.165, 1.54) is 11.8 Å². The lowest BCUT2D eigenvalue weighted by molar-refractivity contribution is -0.137. The third kappa shape index (κ3) is 5.63. The topological polar surface area (TPSA) is 108 Å². The first-order valence-corrected chi connectivity index (χ1v) is 11.5. The summed E-state index contributed by atoms with van der Waals surface area (Å²) in [5, 5.41) is 15.8. The Hall–Kier alpha value is -2.23. The van der Waals surface area contributed by atoms with Crippen molar-refractivity contribution in [2.75, 3.05) is 22.9 Å². The molecule has 1 aliphatic heterocycles. The highest BCUT2D eigenvalue weighted by Crippen LogP contribution is 2.41. The number of thioether (sulfide) groups is 1. The van der Waals surface area contributed by atoms with Crippen LogP contribution in [-0.4, -0.2) is 36.8 Å². The molecule has 150 valence electrons. The van der Waals surface area contributed by atoms with E-state index in [2.05, 4.69) is 15.4 Å². The maximum atomic E-state index is 12.2. The molecule has 0 aliphatic carbocycles. The van der Waals surface area contributed by atoms with Gasteiger partial charge in [0.2, 0.25) is 10.0 Å². The molecule has 2 aromatic rings. The molecule has 0 amide bonds. The molecule has 0 fully saturated rings. The van der Waals surface area contributed by atoms with Gasteiger partial charge >= 0.3 is 5.97 Å². The van der Waals surface area contributed by atoms with Crippen molar-refractivity contribution in [3.63, 3.8) is 0 Å². The molecule has 2 aromatic carbocycles. The van der Waals surface area contributed by atoms with Crippen molar-refractivity contribution in [3.05, 3.63) is 60.2 Å². The Balaban J connectivity index is 1.48. The van der Waals surface area contributed by atoms with Gasteiger partial charge in [-0.1, -0.05) is 42.5 Å². The van der Waals surface area contributed by atoms with Crippen LogP contribution >= 0.6 is 11.8 Å². The Morgan fingerprint density at radius 1 is 1.04 bits per heavy atom. The van der Waals surface area contributed by atoms with Crippen LogP contribution in [0.1, 0.15) is 18.4 Å². The fraction of sp³-hybridized carbons (Fsp3) is 0.316. The molecule has 3 rings (SSSR count). The van der Waals surface area contributed by atoms with E-state index in [4.69, 9.17) is 0 Å². The second kappa shape index (κ2) is 8.85. The number of hydrogen-bond acceptors (Lipinski definition) is 6. The summed E-state index contributed by atoms with van der Waals surface area (Å²) in [4.78, 5) is 10.5. The number of aliphatic carboxylic acids is 1. The van der Waals surface area contributed by atoms with Crippen LogP contribution < -0.4 is 15.4 Å². The maximum Gasteiger partial charge on any atom is 0.308 e. The molecule has 0 bridgehead atoms. The lowest BCUT2D eigenvalue weighted by atomic mass is 10.2. The summed E-state index contributed by atoms with van der Waals surface area (Å²) in [6.45, 7) is 0.304. The predicted molar refractivity (Wildman–Crippen MR) is 113 cm³/mol. The highest BCUT2D eigenvalue weighted by molar-refractivity contribution is 8.00. The van der Waals surface area contributed by atoms with E-state index in [1.54, 1.807) is 12.1 Å². The zero-order valence-corrected chi connectivity index (χ0v) is 16.9. The van der Waals surface area contributed by atoms with Gasteiger partial charge in [-0.25, -0.2) is 13.1 Å². The first kappa shape index (κ1) is 20.5. The zero-order chi connectivity index (χ0) is 20.0. The van der Waals surface area contributed by atoms with Crippen molar-refractivity contribution in [1.82, 2.24) is 4.72 Å². The number of fused-ring (bicyclic) bond motifs is 1. The van der Waals surface area contributed by atoms with Crippen LogP contribution in [0.5, 0.6) is 0 Å². The second-order valence-electron chi connectivity index (χ2n) is 6.53. The maximum absolute atomic E-state index is 12.2. The summed E-state index contributed by atoms with van der Waals surface area (Å²) in [5.41, 5.74) is 2.46.